The lowest BCUT2D eigenvalue weighted by Crippen LogP contribution is -2.65. The smallest absolute Gasteiger partial charge is 0.255 e. The van der Waals surface area contributed by atoms with Crippen molar-refractivity contribution in [1.29, 1.82) is 0 Å². The Morgan fingerprint density at radius 3 is 2.59 bits per heavy atom. The van der Waals surface area contributed by atoms with E-state index >= 15 is 0 Å². The molecule has 230 valence electrons. The van der Waals surface area contributed by atoms with Crippen molar-refractivity contribution in [2.45, 2.75) is 43.6 Å². The summed E-state index contributed by atoms with van der Waals surface area (Å²) in [5.41, 5.74) is 12.1. The zero-order chi connectivity index (χ0) is 31.2. The number of primary amides is 1. The average Bonchev–Trinajstić information content (AvgIpc) is 3.36. The Kier molecular flexibility index (Phi) is 6.44. The monoisotopic (exact) mass is 600 g/mol. The molecule has 3 aliphatic carbocycles. The SMILES string of the molecule is CN1CC2CCN(C)C2c2cc(OCc3ccccc3)c3c(c21)C[C@H]1C[C@H]2[C@H](N)C(=O)C(C(N)=O)=C(O)[C@@]2(O)C(=O)C1=C3O. The summed E-state index contributed by atoms with van der Waals surface area (Å²) in [5, 5.41) is 34.7. The third-order valence-electron chi connectivity index (χ3n) is 10.5. The molecule has 1 amide bonds. The number of amides is 1. The first kappa shape index (κ1) is 28.6. The van der Waals surface area contributed by atoms with E-state index in [1.807, 2.05) is 43.4 Å². The maximum Gasteiger partial charge on any atom is 0.255 e. The van der Waals surface area contributed by atoms with Gasteiger partial charge in [-0.05, 0) is 67.4 Å². The molecule has 6 atom stereocenters. The highest BCUT2D eigenvalue weighted by Crippen LogP contribution is 2.56. The van der Waals surface area contributed by atoms with E-state index in [1.165, 1.54) is 0 Å². The number of aliphatic hydroxyl groups is 3. The Labute approximate surface area is 254 Å². The minimum atomic E-state index is -2.69. The van der Waals surface area contributed by atoms with Gasteiger partial charge in [-0.2, -0.15) is 0 Å². The van der Waals surface area contributed by atoms with E-state index in [0.29, 0.717) is 23.7 Å². The van der Waals surface area contributed by atoms with Gasteiger partial charge in [0.05, 0.1) is 11.6 Å². The van der Waals surface area contributed by atoms with Crippen molar-refractivity contribution in [2.75, 3.05) is 32.1 Å². The molecular formula is C33H36N4O7. The number of ketones is 2. The van der Waals surface area contributed by atoms with Crippen LogP contribution in [0.5, 0.6) is 5.75 Å². The third kappa shape index (κ3) is 3.82. The quantitative estimate of drug-likeness (QED) is 0.324. The standard InChI is InChI=1S/C33H36N4O7/c1-36-9-8-16-13-37(2)27-18-10-17-11-20-25(34)29(39)24(32(35)42)31(41)33(20,43)30(40)22(17)28(38)23(18)21(12-19(27)26(16)36)44-14-15-6-4-3-5-7-15/h3-7,12,16-17,20,25-26,38,41,43H,8-11,13-14,34H2,1-2H3,(H2,35,42)/t16?,17-,20-,25-,26?,33-/m0/s1. The number of nitrogens with zero attached hydrogens (tertiary/aromatic N) is 2. The Morgan fingerprint density at radius 2 is 1.89 bits per heavy atom. The minimum Gasteiger partial charge on any atom is -0.508 e. The summed E-state index contributed by atoms with van der Waals surface area (Å²) in [7, 11) is 4.14. The van der Waals surface area contributed by atoms with Gasteiger partial charge in [0.15, 0.2) is 11.4 Å². The van der Waals surface area contributed by atoms with Crippen LogP contribution in [0, 0.1) is 17.8 Å². The van der Waals surface area contributed by atoms with Gasteiger partial charge in [0.25, 0.3) is 5.91 Å². The fourth-order valence-corrected chi connectivity index (χ4v) is 8.46. The highest BCUT2D eigenvalue weighted by atomic mass is 16.5. The van der Waals surface area contributed by atoms with Crippen LogP contribution in [0.2, 0.25) is 0 Å². The Morgan fingerprint density at radius 1 is 1.16 bits per heavy atom. The highest BCUT2D eigenvalue weighted by molar-refractivity contribution is 6.24. The molecular weight excluding hydrogens is 564 g/mol. The molecule has 1 saturated heterocycles. The number of hydrogen-bond acceptors (Lipinski definition) is 10. The van der Waals surface area contributed by atoms with Gasteiger partial charge in [0, 0.05) is 36.8 Å². The van der Waals surface area contributed by atoms with Crippen LogP contribution < -0.4 is 21.1 Å². The van der Waals surface area contributed by atoms with Gasteiger partial charge in [-0.25, -0.2) is 0 Å². The van der Waals surface area contributed by atoms with E-state index in [2.05, 4.69) is 16.8 Å². The van der Waals surface area contributed by atoms with Crippen LogP contribution in [0.15, 0.2) is 53.3 Å². The van der Waals surface area contributed by atoms with Gasteiger partial charge in [-0.3, -0.25) is 19.3 Å². The van der Waals surface area contributed by atoms with E-state index in [0.717, 1.165) is 41.9 Å². The van der Waals surface area contributed by atoms with Crippen LogP contribution in [-0.4, -0.2) is 76.5 Å². The first-order valence-electron chi connectivity index (χ1n) is 15.0. The van der Waals surface area contributed by atoms with Crippen molar-refractivity contribution in [3.63, 3.8) is 0 Å². The maximum absolute atomic E-state index is 14.2. The largest absolute Gasteiger partial charge is 0.508 e. The predicted molar refractivity (Wildman–Crippen MR) is 161 cm³/mol. The number of fused-ring (bicyclic) bond motifs is 7. The number of likely N-dealkylation sites (tertiary alicyclic amines) is 1. The molecule has 1 saturated carbocycles. The molecule has 0 aromatic heterocycles. The molecule has 0 bridgehead atoms. The molecule has 2 fully saturated rings. The molecule has 2 unspecified atom stereocenters. The number of nitrogens with two attached hydrogens (primary N) is 2. The van der Waals surface area contributed by atoms with Crippen LogP contribution in [0.4, 0.5) is 5.69 Å². The predicted octanol–water partition coefficient (Wildman–Crippen LogP) is 1.68. The van der Waals surface area contributed by atoms with Gasteiger partial charge in [-0.1, -0.05) is 30.3 Å². The highest BCUT2D eigenvalue weighted by Gasteiger charge is 2.63. The molecule has 11 nitrogen and oxygen atoms in total. The molecule has 2 heterocycles. The van der Waals surface area contributed by atoms with Gasteiger partial charge in [-0.15, -0.1) is 0 Å². The van der Waals surface area contributed by atoms with E-state index in [1.54, 1.807) is 0 Å². The Balaban J connectivity index is 1.42. The first-order chi connectivity index (χ1) is 20.9. The lowest BCUT2D eigenvalue weighted by atomic mass is 9.57. The summed E-state index contributed by atoms with van der Waals surface area (Å²) in [6.07, 6.45) is 1.40. The second kappa shape index (κ2) is 9.91. The number of aliphatic hydroxyl groups excluding tert-OH is 2. The van der Waals surface area contributed by atoms with Crippen LogP contribution in [0.25, 0.3) is 5.76 Å². The second-order valence-electron chi connectivity index (χ2n) is 12.9. The molecule has 11 heteroatoms. The van der Waals surface area contributed by atoms with Crippen LogP contribution in [0.3, 0.4) is 0 Å². The second-order valence-corrected chi connectivity index (χ2v) is 12.9. The van der Waals surface area contributed by atoms with Crippen molar-refractivity contribution in [3.05, 3.63) is 75.6 Å². The number of carbonyl (C=O) groups is 3. The molecule has 5 aliphatic rings. The summed E-state index contributed by atoms with van der Waals surface area (Å²) in [6, 6.07) is 10.3. The number of carbonyl (C=O) groups excluding carboxylic acids is 3. The number of hydrogen-bond donors (Lipinski definition) is 5. The zero-order valence-electron chi connectivity index (χ0n) is 24.6. The molecule has 44 heavy (non-hydrogen) atoms. The minimum absolute atomic E-state index is 0.0175. The summed E-state index contributed by atoms with van der Waals surface area (Å²) in [6.45, 7) is 2.01. The van der Waals surface area contributed by atoms with Crippen molar-refractivity contribution in [2.24, 2.45) is 29.2 Å². The average molecular weight is 601 g/mol. The Bertz CT molecular complexity index is 1680. The number of anilines is 1. The van der Waals surface area contributed by atoms with Crippen LogP contribution >= 0.6 is 0 Å². The van der Waals surface area contributed by atoms with Crippen molar-refractivity contribution >= 4 is 28.9 Å². The molecule has 2 aliphatic heterocycles. The van der Waals surface area contributed by atoms with Gasteiger partial charge >= 0.3 is 0 Å². The maximum atomic E-state index is 14.2. The summed E-state index contributed by atoms with van der Waals surface area (Å²) < 4.78 is 6.40. The first-order valence-corrected chi connectivity index (χ1v) is 15.0. The number of rotatable bonds is 4. The van der Waals surface area contributed by atoms with Crippen LogP contribution in [0.1, 0.15) is 41.1 Å². The fraction of sp³-hybridized carbons (Fsp3) is 0.424. The molecule has 0 spiro atoms. The van der Waals surface area contributed by atoms with Gasteiger partial charge in [0.2, 0.25) is 5.78 Å². The van der Waals surface area contributed by atoms with Crippen molar-refractivity contribution in [3.8, 4) is 5.75 Å². The fourth-order valence-electron chi connectivity index (χ4n) is 8.46. The van der Waals surface area contributed by atoms with E-state index < -0.39 is 52.3 Å². The number of ether oxygens (including phenoxy) is 1. The number of Topliss-reactive ketones (excluding diaryl/α,β-unsaturated/α-hetero) is 2. The number of benzene rings is 2. The normalized spacial score (nSPS) is 31.3. The van der Waals surface area contributed by atoms with Gasteiger partial charge in [0.1, 0.15) is 29.4 Å². The summed E-state index contributed by atoms with van der Waals surface area (Å²) in [4.78, 5) is 43.7. The lowest BCUT2D eigenvalue weighted by molar-refractivity contribution is -0.149. The van der Waals surface area contributed by atoms with E-state index in [4.69, 9.17) is 16.2 Å². The molecule has 7 rings (SSSR count). The van der Waals surface area contributed by atoms with E-state index in [9.17, 15) is 29.7 Å². The summed E-state index contributed by atoms with van der Waals surface area (Å²) >= 11 is 0. The molecule has 7 N–H and O–H groups in total. The topological polar surface area (TPSA) is 180 Å². The molecule has 2 aromatic rings. The summed E-state index contributed by atoms with van der Waals surface area (Å²) in [5.74, 6) is -5.67. The van der Waals surface area contributed by atoms with E-state index in [-0.39, 0.29) is 30.4 Å². The Hall–Kier alpha value is -4.19. The van der Waals surface area contributed by atoms with Crippen molar-refractivity contribution < 1.29 is 34.4 Å². The van der Waals surface area contributed by atoms with Crippen molar-refractivity contribution in [1.82, 2.24) is 4.90 Å². The molecule has 2 aromatic carbocycles. The lowest BCUT2D eigenvalue weighted by Gasteiger charge is -2.49. The third-order valence-corrected chi connectivity index (χ3v) is 10.5. The zero-order valence-corrected chi connectivity index (χ0v) is 24.6. The van der Waals surface area contributed by atoms with Crippen LogP contribution in [-0.2, 0) is 27.4 Å². The van der Waals surface area contributed by atoms with Gasteiger partial charge < -0.3 is 36.4 Å². The molecule has 0 radical (unpaired) electrons.